The van der Waals surface area contributed by atoms with Crippen LogP contribution in [0.5, 0.6) is 0 Å². The molecule has 88 valence electrons. The predicted molar refractivity (Wildman–Crippen MR) is 63.6 cm³/mol. The standard InChI is InChI=1S/C8H16N2O3S2/c1-5(11)6(9)3-14-15-4-7(10)8(12)13-2/h6-7H,3-4,9-10H2,1-2H3. The van der Waals surface area contributed by atoms with E-state index in [1.807, 2.05) is 0 Å². The fourth-order valence-electron chi connectivity index (χ4n) is 0.580. The molecule has 0 rings (SSSR count). The second-order valence-corrected chi connectivity index (χ2v) is 5.47. The lowest BCUT2D eigenvalue weighted by Crippen LogP contribution is -2.34. The van der Waals surface area contributed by atoms with Crippen LogP contribution in [0.3, 0.4) is 0 Å². The molecule has 0 aliphatic heterocycles. The second-order valence-electron chi connectivity index (χ2n) is 2.92. The van der Waals surface area contributed by atoms with Gasteiger partial charge in [0.1, 0.15) is 11.8 Å². The maximum atomic E-state index is 10.9. The number of methoxy groups -OCH3 is 1. The van der Waals surface area contributed by atoms with Gasteiger partial charge in [0.05, 0.1) is 13.2 Å². The molecule has 0 aromatic carbocycles. The van der Waals surface area contributed by atoms with Gasteiger partial charge < -0.3 is 16.2 Å². The molecule has 4 N–H and O–H groups in total. The smallest absolute Gasteiger partial charge is 0.323 e. The van der Waals surface area contributed by atoms with Crippen molar-refractivity contribution in [2.45, 2.75) is 19.0 Å². The number of hydrogen-bond acceptors (Lipinski definition) is 7. The summed E-state index contributed by atoms with van der Waals surface area (Å²) < 4.78 is 4.46. The van der Waals surface area contributed by atoms with Gasteiger partial charge >= 0.3 is 5.97 Å². The molecule has 0 fully saturated rings. The van der Waals surface area contributed by atoms with Gasteiger partial charge in [-0.05, 0) is 6.92 Å². The van der Waals surface area contributed by atoms with Gasteiger partial charge in [-0.25, -0.2) is 0 Å². The van der Waals surface area contributed by atoms with E-state index in [1.54, 1.807) is 0 Å². The van der Waals surface area contributed by atoms with Gasteiger partial charge in [0.15, 0.2) is 0 Å². The molecule has 0 spiro atoms. The number of Topliss-reactive ketones (excluding diaryl/α,β-unsaturated/α-hetero) is 1. The van der Waals surface area contributed by atoms with Crippen LogP contribution in [0.2, 0.25) is 0 Å². The SMILES string of the molecule is COC(=O)C(N)CSSCC(N)C(C)=O. The van der Waals surface area contributed by atoms with Crippen molar-refractivity contribution in [1.82, 2.24) is 0 Å². The zero-order chi connectivity index (χ0) is 11.8. The summed E-state index contributed by atoms with van der Waals surface area (Å²) >= 11 is 0. The Hall–Kier alpha value is -0.240. The van der Waals surface area contributed by atoms with Crippen LogP contribution < -0.4 is 11.5 Å². The number of hydrogen-bond donors (Lipinski definition) is 2. The summed E-state index contributed by atoms with van der Waals surface area (Å²) in [4.78, 5) is 21.7. The minimum atomic E-state index is -0.624. The van der Waals surface area contributed by atoms with Gasteiger partial charge in [-0.1, -0.05) is 21.6 Å². The Bertz CT molecular complexity index is 226. The van der Waals surface area contributed by atoms with Gasteiger partial charge in [0, 0.05) is 11.5 Å². The van der Waals surface area contributed by atoms with Crippen molar-refractivity contribution in [3.63, 3.8) is 0 Å². The van der Waals surface area contributed by atoms with Crippen LogP contribution in [-0.4, -0.2) is 42.5 Å². The van der Waals surface area contributed by atoms with Crippen LogP contribution in [0.4, 0.5) is 0 Å². The van der Waals surface area contributed by atoms with E-state index in [4.69, 9.17) is 11.5 Å². The third-order valence-electron chi connectivity index (χ3n) is 1.60. The third-order valence-corrected chi connectivity index (χ3v) is 4.08. The first kappa shape index (κ1) is 14.8. The van der Waals surface area contributed by atoms with Gasteiger partial charge in [-0.15, -0.1) is 0 Å². The first-order valence-corrected chi connectivity index (χ1v) is 6.81. The first-order chi connectivity index (χ1) is 6.99. The van der Waals surface area contributed by atoms with Gasteiger partial charge in [0.25, 0.3) is 0 Å². The number of ketones is 1. The molecule has 0 saturated carbocycles. The molecule has 0 amide bonds. The number of carbonyl (C=O) groups excluding carboxylic acids is 2. The maximum absolute atomic E-state index is 10.9. The van der Waals surface area contributed by atoms with Crippen molar-refractivity contribution in [1.29, 1.82) is 0 Å². The Labute approximate surface area is 97.1 Å². The lowest BCUT2D eigenvalue weighted by Gasteiger charge is -2.09. The Morgan fingerprint density at radius 3 is 2.07 bits per heavy atom. The van der Waals surface area contributed by atoms with E-state index in [0.717, 1.165) is 0 Å². The van der Waals surface area contributed by atoms with Gasteiger partial charge in [0.2, 0.25) is 0 Å². The number of esters is 1. The predicted octanol–water partition coefficient (Wildman–Crippen LogP) is -0.216. The summed E-state index contributed by atoms with van der Waals surface area (Å²) in [6.45, 7) is 1.45. The summed E-state index contributed by atoms with van der Waals surface area (Å²) in [7, 11) is 4.14. The molecule has 2 atom stereocenters. The molecule has 0 bridgehead atoms. The van der Waals surface area contributed by atoms with Gasteiger partial charge in [-0.2, -0.15) is 0 Å². The van der Waals surface area contributed by atoms with E-state index in [2.05, 4.69) is 4.74 Å². The fourth-order valence-corrected chi connectivity index (χ4v) is 2.89. The normalized spacial score (nSPS) is 14.4. The van der Waals surface area contributed by atoms with Crippen molar-refractivity contribution >= 4 is 33.3 Å². The van der Waals surface area contributed by atoms with Crippen molar-refractivity contribution in [2.75, 3.05) is 18.6 Å². The Kier molecular flexibility index (Phi) is 7.85. The van der Waals surface area contributed by atoms with Crippen LogP contribution in [-0.2, 0) is 14.3 Å². The molecule has 0 aromatic heterocycles. The molecule has 0 aromatic rings. The molecule has 5 nitrogen and oxygen atoms in total. The molecule has 0 saturated heterocycles. The maximum Gasteiger partial charge on any atom is 0.323 e. The zero-order valence-electron chi connectivity index (χ0n) is 8.76. The quantitative estimate of drug-likeness (QED) is 0.367. The minimum absolute atomic E-state index is 0.0413. The van der Waals surface area contributed by atoms with Crippen molar-refractivity contribution in [3.05, 3.63) is 0 Å². The summed E-state index contributed by atoms with van der Waals surface area (Å²) in [6, 6.07) is -1.07. The molecule has 15 heavy (non-hydrogen) atoms. The van der Waals surface area contributed by atoms with E-state index in [0.29, 0.717) is 11.5 Å². The Balaban J connectivity index is 3.54. The summed E-state index contributed by atoms with van der Waals surface area (Å²) in [5, 5.41) is 0. The second kappa shape index (κ2) is 7.98. The van der Waals surface area contributed by atoms with Crippen molar-refractivity contribution in [2.24, 2.45) is 11.5 Å². The van der Waals surface area contributed by atoms with Crippen molar-refractivity contribution in [3.8, 4) is 0 Å². The monoisotopic (exact) mass is 252 g/mol. The molecular weight excluding hydrogens is 236 g/mol. The van der Waals surface area contributed by atoms with E-state index < -0.39 is 18.1 Å². The number of ether oxygens (including phenoxy) is 1. The number of nitrogens with two attached hydrogens (primary N) is 2. The highest BCUT2D eigenvalue weighted by Crippen LogP contribution is 2.22. The summed E-state index contributed by atoms with van der Waals surface area (Å²) in [5.41, 5.74) is 11.0. The highest BCUT2D eigenvalue weighted by Gasteiger charge is 2.14. The van der Waals surface area contributed by atoms with Crippen LogP contribution in [0.1, 0.15) is 6.92 Å². The fraction of sp³-hybridized carbons (Fsp3) is 0.750. The van der Waals surface area contributed by atoms with Crippen LogP contribution in [0.25, 0.3) is 0 Å². The van der Waals surface area contributed by atoms with E-state index >= 15 is 0 Å². The van der Waals surface area contributed by atoms with E-state index in [-0.39, 0.29) is 5.78 Å². The average molecular weight is 252 g/mol. The van der Waals surface area contributed by atoms with Gasteiger partial charge in [-0.3, -0.25) is 9.59 Å². The number of rotatable bonds is 7. The molecular formula is C8H16N2O3S2. The van der Waals surface area contributed by atoms with E-state index in [9.17, 15) is 9.59 Å². The number of carbonyl (C=O) groups is 2. The lowest BCUT2D eigenvalue weighted by atomic mass is 10.3. The third kappa shape index (κ3) is 6.77. The van der Waals surface area contributed by atoms with Crippen molar-refractivity contribution < 1.29 is 14.3 Å². The Morgan fingerprint density at radius 2 is 1.67 bits per heavy atom. The van der Waals surface area contributed by atoms with Crippen LogP contribution in [0.15, 0.2) is 0 Å². The highest BCUT2D eigenvalue weighted by atomic mass is 33.1. The molecule has 7 heteroatoms. The van der Waals surface area contributed by atoms with Crippen LogP contribution in [0, 0.1) is 0 Å². The average Bonchev–Trinajstić information content (AvgIpc) is 2.22. The zero-order valence-corrected chi connectivity index (χ0v) is 10.4. The molecule has 0 heterocycles. The van der Waals surface area contributed by atoms with E-state index in [1.165, 1.54) is 35.6 Å². The molecule has 0 radical (unpaired) electrons. The first-order valence-electron chi connectivity index (χ1n) is 4.33. The largest absolute Gasteiger partial charge is 0.468 e. The van der Waals surface area contributed by atoms with Crippen LogP contribution >= 0.6 is 21.6 Å². The summed E-state index contributed by atoms with van der Waals surface area (Å²) in [5.74, 6) is 0.495. The molecule has 2 unspecified atom stereocenters. The highest BCUT2D eigenvalue weighted by molar-refractivity contribution is 8.76. The molecule has 0 aliphatic rings. The topological polar surface area (TPSA) is 95.4 Å². The lowest BCUT2D eigenvalue weighted by molar-refractivity contribution is -0.141. The minimum Gasteiger partial charge on any atom is -0.468 e. The molecule has 0 aliphatic carbocycles. The summed E-state index contributed by atoms with van der Waals surface area (Å²) in [6.07, 6.45) is 0. The Morgan fingerprint density at radius 1 is 1.20 bits per heavy atom.